The second-order valence-corrected chi connectivity index (χ2v) is 3.73. The van der Waals surface area contributed by atoms with E-state index in [0.717, 1.165) is 3.57 Å². The monoisotopic (exact) mass is 292 g/mol. The molecule has 0 radical (unpaired) electrons. The third-order valence-corrected chi connectivity index (χ3v) is 2.61. The van der Waals surface area contributed by atoms with Gasteiger partial charge in [-0.15, -0.1) is 0 Å². The minimum Gasteiger partial charge on any atom is -0.289 e. The maximum atomic E-state index is 11.2. The van der Waals surface area contributed by atoms with Gasteiger partial charge < -0.3 is 0 Å². The van der Waals surface area contributed by atoms with Gasteiger partial charge >= 0.3 is 0 Å². The summed E-state index contributed by atoms with van der Waals surface area (Å²) in [6, 6.07) is 5.34. The van der Waals surface area contributed by atoms with Crippen LogP contribution in [0.25, 0.3) is 0 Å². The molecule has 0 atom stereocenters. The summed E-state index contributed by atoms with van der Waals surface area (Å²) in [5.74, 6) is -0.134. The number of rotatable bonds is 2. The summed E-state index contributed by atoms with van der Waals surface area (Å²) in [4.78, 5) is 11.2. The van der Waals surface area contributed by atoms with Gasteiger partial charge in [0.25, 0.3) is 0 Å². The molecule has 0 heterocycles. The van der Waals surface area contributed by atoms with Gasteiger partial charge in [0.1, 0.15) is 0 Å². The Bertz CT molecular complexity index is 313. The van der Waals surface area contributed by atoms with Crippen LogP contribution < -0.4 is 0 Å². The molecule has 1 nitrogen and oxygen atoms in total. The molecule has 0 aliphatic rings. The predicted molar refractivity (Wildman–Crippen MR) is 58.7 cm³/mol. The van der Waals surface area contributed by atoms with Crippen LogP contribution in [-0.2, 0) is 0 Å². The van der Waals surface area contributed by atoms with Crippen LogP contribution in [-0.4, -0.2) is 5.78 Å². The highest BCUT2D eigenvalue weighted by atomic mass is 127. The third kappa shape index (κ3) is 1.87. The highest BCUT2D eigenvalue weighted by Gasteiger charge is 2.09. The van der Waals surface area contributed by atoms with Crippen LogP contribution in [0.2, 0.25) is 5.02 Å². The van der Waals surface area contributed by atoms with E-state index in [0.29, 0.717) is 10.6 Å². The van der Waals surface area contributed by atoms with Gasteiger partial charge in [0.2, 0.25) is 0 Å². The Kier molecular flexibility index (Phi) is 3.29. The van der Waals surface area contributed by atoms with Crippen molar-refractivity contribution < 1.29 is 4.79 Å². The molecule has 1 aromatic carbocycles. The van der Waals surface area contributed by atoms with E-state index < -0.39 is 0 Å². The molecule has 0 aliphatic carbocycles. The first-order chi connectivity index (χ1) is 5.66. The van der Waals surface area contributed by atoms with E-state index in [1.54, 1.807) is 6.07 Å². The van der Waals surface area contributed by atoms with Gasteiger partial charge in [-0.05, 0) is 40.8 Å². The lowest BCUT2D eigenvalue weighted by Crippen LogP contribution is -1.97. The Hall–Kier alpha value is -0.350. The molecule has 0 fully saturated rings. The van der Waals surface area contributed by atoms with Crippen LogP contribution in [0.4, 0.5) is 0 Å². The molecular formula is C9H6ClIO. The van der Waals surface area contributed by atoms with E-state index >= 15 is 0 Å². The van der Waals surface area contributed by atoms with Gasteiger partial charge in [0.05, 0.1) is 10.6 Å². The van der Waals surface area contributed by atoms with Crippen molar-refractivity contribution in [3.8, 4) is 0 Å². The van der Waals surface area contributed by atoms with E-state index in [-0.39, 0.29) is 5.78 Å². The fourth-order valence-electron chi connectivity index (χ4n) is 0.835. The predicted octanol–water partition coefficient (Wildman–Crippen LogP) is 3.31. The van der Waals surface area contributed by atoms with Crippen LogP contribution in [0, 0.1) is 3.57 Å². The molecule has 12 heavy (non-hydrogen) atoms. The number of allylic oxidation sites excluding steroid dienone is 1. The number of hydrogen-bond acceptors (Lipinski definition) is 1. The molecule has 0 saturated carbocycles. The van der Waals surface area contributed by atoms with Crippen molar-refractivity contribution >= 4 is 40.0 Å². The number of carbonyl (C=O) groups excluding carboxylic acids is 1. The standard InChI is InChI=1S/C9H6ClIO/c1-2-8(12)9-6(10)4-3-5-7(9)11/h2-5H,1H2. The Morgan fingerprint density at radius 1 is 1.58 bits per heavy atom. The second-order valence-electron chi connectivity index (χ2n) is 2.17. The summed E-state index contributed by atoms with van der Waals surface area (Å²) in [5, 5.41) is 0.479. The average molecular weight is 293 g/mol. The lowest BCUT2D eigenvalue weighted by atomic mass is 10.1. The lowest BCUT2D eigenvalue weighted by molar-refractivity contribution is 0.104. The van der Waals surface area contributed by atoms with Crippen molar-refractivity contribution in [1.82, 2.24) is 0 Å². The molecule has 0 bridgehead atoms. The maximum Gasteiger partial charge on any atom is 0.187 e. The first-order valence-corrected chi connectivity index (χ1v) is 4.73. The summed E-state index contributed by atoms with van der Waals surface area (Å²) in [5.41, 5.74) is 0.537. The normalized spacial score (nSPS) is 9.50. The van der Waals surface area contributed by atoms with Crippen molar-refractivity contribution in [2.75, 3.05) is 0 Å². The van der Waals surface area contributed by atoms with Crippen molar-refractivity contribution in [3.05, 3.63) is 45.0 Å². The SMILES string of the molecule is C=CC(=O)c1c(Cl)cccc1I. The minimum atomic E-state index is -0.134. The number of benzene rings is 1. The number of carbonyl (C=O) groups is 1. The highest BCUT2D eigenvalue weighted by Crippen LogP contribution is 2.22. The quantitative estimate of drug-likeness (QED) is 0.464. The molecular weight excluding hydrogens is 286 g/mol. The van der Waals surface area contributed by atoms with E-state index in [1.165, 1.54) is 6.08 Å². The summed E-state index contributed by atoms with van der Waals surface area (Å²) in [6.07, 6.45) is 1.27. The van der Waals surface area contributed by atoms with Crippen molar-refractivity contribution in [2.45, 2.75) is 0 Å². The molecule has 0 saturated heterocycles. The van der Waals surface area contributed by atoms with Gasteiger partial charge in [0.15, 0.2) is 5.78 Å². The molecule has 3 heteroatoms. The molecule has 0 unspecified atom stereocenters. The first-order valence-electron chi connectivity index (χ1n) is 3.27. The zero-order valence-corrected chi connectivity index (χ0v) is 9.09. The first kappa shape index (κ1) is 9.74. The molecule has 62 valence electrons. The summed E-state index contributed by atoms with van der Waals surface area (Å²) < 4.78 is 0.852. The average Bonchev–Trinajstić information content (AvgIpc) is 2.03. The van der Waals surface area contributed by atoms with Crippen molar-refractivity contribution in [2.24, 2.45) is 0 Å². The highest BCUT2D eigenvalue weighted by molar-refractivity contribution is 14.1. The number of ketones is 1. The molecule has 0 aromatic heterocycles. The fraction of sp³-hybridized carbons (Fsp3) is 0. The zero-order chi connectivity index (χ0) is 9.14. The van der Waals surface area contributed by atoms with E-state index in [9.17, 15) is 4.79 Å². The van der Waals surface area contributed by atoms with E-state index in [2.05, 4.69) is 29.2 Å². The maximum absolute atomic E-state index is 11.2. The summed E-state index contributed by atoms with van der Waals surface area (Å²) >= 11 is 7.90. The minimum absolute atomic E-state index is 0.134. The fourth-order valence-corrected chi connectivity index (χ4v) is 2.03. The lowest BCUT2D eigenvalue weighted by Gasteiger charge is -2.01. The molecule has 1 aromatic rings. The van der Waals surface area contributed by atoms with Crippen LogP contribution in [0.5, 0.6) is 0 Å². The Morgan fingerprint density at radius 3 is 2.75 bits per heavy atom. The van der Waals surface area contributed by atoms with E-state index in [4.69, 9.17) is 11.6 Å². The molecule has 1 rings (SSSR count). The zero-order valence-electron chi connectivity index (χ0n) is 6.18. The van der Waals surface area contributed by atoms with Crippen molar-refractivity contribution in [3.63, 3.8) is 0 Å². The van der Waals surface area contributed by atoms with Gasteiger partial charge in [-0.25, -0.2) is 0 Å². The Morgan fingerprint density at radius 2 is 2.25 bits per heavy atom. The molecule has 0 N–H and O–H groups in total. The molecule has 0 amide bonds. The van der Waals surface area contributed by atoms with Crippen LogP contribution in [0.1, 0.15) is 10.4 Å². The van der Waals surface area contributed by atoms with Gasteiger partial charge in [-0.3, -0.25) is 4.79 Å². The Labute approximate surface area is 89.6 Å². The Balaban J connectivity index is 3.30. The van der Waals surface area contributed by atoms with Crippen LogP contribution in [0.3, 0.4) is 0 Å². The van der Waals surface area contributed by atoms with E-state index in [1.807, 2.05) is 12.1 Å². The van der Waals surface area contributed by atoms with Crippen LogP contribution in [0.15, 0.2) is 30.9 Å². The third-order valence-electron chi connectivity index (χ3n) is 1.39. The number of halogens is 2. The largest absolute Gasteiger partial charge is 0.289 e. The van der Waals surface area contributed by atoms with Crippen LogP contribution >= 0.6 is 34.2 Å². The summed E-state index contributed by atoms with van der Waals surface area (Å²) in [7, 11) is 0. The van der Waals surface area contributed by atoms with Gasteiger partial charge in [0, 0.05) is 3.57 Å². The second kappa shape index (κ2) is 4.05. The van der Waals surface area contributed by atoms with Crippen molar-refractivity contribution in [1.29, 1.82) is 0 Å². The number of hydrogen-bond donors (Lipinski definition) is 0. The molecule has 0 spiro atoms. The smallest absolute Gasteiger partial charge is 0.187 e. The van der Waals surface area contributed by atoms with Gasteiger partial charge in [-0.1, -0.05) is 24.2 Å². The summed E-state index contributed by atoms with van der Waals surface area (Å²) in [6.45, 7) is 3.41. The topological polar surface area (TPSA) is 17.1 Å². The van der Waals surface area contributed by atoms with Gasteiger partial charge in [-0.2, -0.15) is 0 Å². The molecule has 0 aliphatic heterocycles.